The van der Waals surface area contributed by atoms with Crippen molar-refractivity contribution in [2.45, 2.75) is 76.4 Å². The van der Waals surface area contributed by atoms with Crippen molar-refractivity contribution in [3.63, 3.8) is 0 Å². The third kappa shape index (κ3) is 6.38. The summed E-state index contributed by atoms with van der Waals surface area (Å²) in [7, 11) is 0. The zero-order valence-corrected chi connectivity index (χ0v) is 25.3. The van der Waals surface area contributed by atoms with Gasteiger partial charge in [-0.2, -0.15) is 0 Å². The predicted molar refractivity (Wildman–Crippen MR) is 169 cm³/mol. The Morgan fingerprint density at radius 1 is 1.14 bits per heavy atom. The highest BCUT2D eigenvalue weighted by Crippen LogP contribution is 2.40. The second-order valence-corrected chi connectivity index (χ2v) is 12.4. The minimum Gasteiger partial charge on any atom is -0.484 e. The number of carbonyl (C=O) groups excluding carboxylic acids is 2. The molecule has 1 saturated heterocycles. The molecule has 232 valence electrons. The molecule has 0 spiro atoms. The molecule has 1 aliphatic carbocycles. The van der Waals surface area contributed by atoms with Gasteiger partial charge in [0.1, 0.15) is 17.4 Å². The van der Waals surface area contributed by atoms with E-state index in [1.54, 1.807) is 12.1 Å². The second-order valence-electron chi connectivity index (χ2n) is 12.4. The number of nitrogens with zero attached hydrogens (tertiary/aromatic N) is 1. The molecule has 3 heterocycles. The van der Waals surface area contributed by atoms with Crippen molar-refractivity contribution < 1.29 is 23.8 Å². The molecule has 1 saturated carbocycles. The number of aryl methyl sites for hydroxylation is 1. The van der Waals surface area contributed by atoms with E-state index in [4.69, 9.17) is 9.15 Å². The van der Waals surface area contributed by atoms with Gasteiger partial charge in [-0.3, -0.25) is 9.59 Å². The zero-order valence-electron chi connectivity index (χ0n) is 25.3. The topological polar surface area (TPSA) is 125 Å². The summed E-state index contributed by atoms with van der Waals surface area (Å²) >= 11 is 0. The fraction of sp³-hybridized carbons (Fsp3) is 0.457. The summed E-state index contributed by atoms with van der Waals surface area (Å²) < 4.78 is 11.2. The maximum absolute atomic E-state index is 14.0. The van der Waals surface area contributed by atoms with Crippen molar-refractivity contribution in [3.05, 3.63) is 76.3 Å². The van der Waals surface area contributed by atoms with Crippen LogP contribution in [0.4, 0.5) is 0 Å². The molecule has 2 aromatic heterocycles. The van der Waals surface area contributed by atoms with E-state index in [9.17, 15) is 19.5 Å². The Balaban J connectivity index is 1.17. The van der Waals surface area contributed by atoms with Crippen LogP contribution in [0.1, 0.15) is 63.0 Å². The fourth-order valence-electron chi connectivity index (χ4n) is 6.97. The van der Waals surface area contributed by atoms with E-state index in [0.717, 1.165) is 72.4 Å². The van der Waals surface area contributed by atoms with Crippen LogP contribution in [0, 0.1) is 5.92 Å². The summed E-state index contributed by atoms with van der Waals surface area (Å²) in [5.41, 5.74) is 2.14. The van der Waals surface area contributed by atoms with Crippen LogP contribution in [0.5, 0.6) is 5.75 Å². The predicted octanol–water partition coefficient (Wildman–Crippen LogP) is 4.88. The zero-order chi connectivity index (χ0) is 30.7. The Morgan fingerprint density at radius 2 is 2.00 bits per heavy atom. The van der Waals surface area contributed by atoms with Crippen LogP contribution in [-0.4, -0.2) is 58.1 Å². The van der Waals surface area contributed by atoms with Gasteiger partial charge < -0.3 is 29.5 Å². The molecule has 2 unspecified atom stereocenters. The van der Waals surface area contributed by atoms with Crippen LogP contribution in [-0.2, 0) is 22.4 Å². The Hall–Kier alpha value is -4.11. The first-order valence-electron chi connectivity index (χ1n) is 15.9. The number of hydrogen-bond acceptors (Lipinski definition) is 6. The van der Waals surface area contributed by atoms with E-state index >= 15 is 0 Å². The van der Waals surface area contributed by atoms with E-state index in [1.165, 1.54) is 6.07 Å². The molecule has 0 bridgehead atoms. The van der Waals surface area contributed by atoms with Crippen molar-refractivity contribution in [1.29, 1.82) is 0 Å². The number of aromatic amines is 1. The van der Waals surface area contributed by atoms with E-state index in [-0.39, 0.29) is 18.4 Å². The molecule has 9 heteroatoms. The summed E-state index contributed by atoms with van der Waals surface area (Å²) in [6, 6.07) is 13.9. The number of carbonyl (C=O) groups is 2. The Kier molecular flexibility index (Phi) is 8.75. The molecular weight excluding hydrogens is 558 g/mol. The molecule has 3 atom stereocenters. The SMILES string of the molecule is CCCCc1cc(=O)oc2cc(OCC(=O)N[C@@H](Cc3c[nH]c4ccccc34)C(=O)N3CCC4(O)CCCCC4C3)ccc12. The lowest BCUT2D eigenvalue weighted by Crippen LogP contribution is -2.58. The molecule has 3 N–H and O–H groups in total. The summed E-state index contributed by atoms with van der Waals surface area (Å²) in [6.07, 6.45) is 9.29. The number of hydrogen-bond donors (Lipinski definition) is 3. The Bertz CT molecular complexity index is 1710. The lowest BCUT2D eigenvalue weighted by atomic mass is 9.71. The van der Waals surface area contributed by atoms with Crippen molar-refractivity contribution >= 4 is 33.7 Å². The summed E-state index contributed by atoms with van der Waals surface area (Å²) in [5.74, 6) is -0.122. The monoisotopic (exact) mass is 599 g/mol. The average Bonchev–Trinajstić information content (AvgIpc) is 3.44. The summed E-state index contributed by atoms with van der Waals surface area (Å²) in [5, 5.41) is 16.0. The third-order valence-electron chi connectivity index (χ3n) is 9.44. The number of ether oxygens (including phenoxy) is 1. The molecule has 2 fully saturated rings. The number of benzene rings is 2. The maximum Gasteiger partial charge on any atom is 0.336 e. The summed E-state index contributed by atoms with van der Waals surface area (Å²) in [4.78, 5) is 44.4. The van der Waals surface area contributed by atoms with Crippen LogP contribution in [0.25, 0.3) is 21.9 Å². The van der Waals surface area contributed by atoms with Crippen LogP contribution < -0.4 is 15.7 Å². The highest BCUT2D eigenvalue weighted by Gasteiger charge is 2.44. The lowest BCUT2D eigenvalue weighted by Gasteiger charge is -2.48. The van der Waals surface area contributed by atoms with Crippen LogP contribution in [0.2, 0.25) is 0 Å². The number of unbranched alkanes of at least 4 members (excludes halogenated alkanes) is 1. The molecule has 1 aliphatic heterocycles. The van der Waals surface area contributed by atoms with Crippen molar-refractivity contribution in [2.75, 3.05) is 19.7 Å². The number of piperidine rings is 1. The standard InChI is InChI=1S/C35H41N3O6/c1-2-3-8-23-18-33(40)44-31-19-26(12-13-28(23)31)43-22-32(39)37-30(17-24-20-36-29-11-5-4-10-27(24)29)34(41)38-16-15-35(42)14-7-6-9-25(35)21-38/h4-5,10-13,18-20,25,30,36,42H,2-3,6-9,14-17,21-22H2,1H3,(H,37,39)/t25?,30-,35?/m0/s1. The van der Waals surface area contributed by atoms with Gasteiger partial charge in [0.25, 0.3) is 5.91 Å². The van der Waals surface area contributed by atoms with Crippen molar-refractivity contribution in [3.8, 4) is 5.75 Å². The second kappa shape index (κ2) is 12.9. The van der Waals surface area contributed by atoms with Gasteiger partial charge >= 0.3 is 5.63 Å². The number of H-pyrrole nitrogens is 1. The highest BCUT2D eigenvalue weighted by molar-refractivity contribution is 5.90. The molecule has 2 aliphatic rings. The molecule has 2 aromatic carbocycles. The largest absolute Gasteiger partial charge is 0.484 e. The molecule has 9 nitrogen and oxygen atoms in total. The first-order chi connectivity index (χ1) is 21.3. The molecule has 2 amide bonds. The van der Waals surface area contributed by atoms with E-state index in [1.807, 2.05) is 41.4 Å². The number of likely N-dealkylation sites (tertiary alicyclic amines) is 1. The smallest absolute Gasteiger partial charge is 0.336 e. The molecule has 4 aromatic rings. The van der Waals surface area contributed by atoms with Gasteiger partial charge in [0.15, 0.2) is 6.61 Å². The average molecular weight is 600 g/mol. The number of para-hydroxylation sites is 1. The van der Waals surface area contributed by atoms with E-state index < -0.39 is 23.2 Å². The van der Waals surface area contributed by atoms with Crippen LogP contribution in [0.3, 0.4) is 0 Å². The summed E-state index contributed by atoms with van der Waals surface area (Å²) in [6.45, 7) is 2.76. The van der Waals surface area contributed by atoms with Crippen molar-refractivity contribution in [1.82, 2.24) is 15.2 Å². The highest BCUT2D eigenvalue weighted by atomic mass is 16.5. The first kappa shape index (κ1) is 29.9. The van der Waals surface area contributed by atoms with Crippen LogP contribution in [0.15, 0.2) is 63.9 Å². The van der Waals surface area contributed by atoms with Gasteiger partial charge in [0.05, 0.1) is 5.60 Å². The van der Waals surface area contributed by atoms with E-state index in [2.05, 4.69) is 17.2 Å². The number of aliphatic hydroxyl groups is 1. The van der Waals surface area contributed by atoms with E-state index in [0.29, 0.717) is 37.3 Å². The molecule has 6 rings (SSSR count). The number of aromatic nitrogens is 1. The van der Waals surface area contributed by atoms with Gasteiger partial charge in [-0.15, -0.1) is 0 Å². The maximum atomic E-state index is 14.0. The van der Waals surface area contributed by atoms with Gasteiger partial charge in [-0.25, -0.2) is 4.79 Å². The normalized spacial score (nSPS) is 20.8. The van der Waals surface area contributed by atoms with Gasteiger partial charge in [-0.05, 0) is 61.4 Å². The molecular formula is C35H41N3O6. The van der Waals surface area contributed by atoms with Gasteiger partial charge in [-0.1, -0.05) is 44.4 Å². The number of amides is 2. The first-order valence-corrected chi connectivity index (χ1v) is 15.9. The number of nitrogens with one attached hydrogen (secondary N) is 2. The quantitative estimate of drug-likeness (QED) is 0.223. The Morgan fingerprint density at radius 3 is 2.86 bits per heavy atom. The number of fused-ring (bicyclic) bond motifs is 3. The lowest BCUT2D eigenvalue weighted by molar-refractivity contribution is -0.147. The third-order valence-corrected chi connectivity index (χ3v) is 9.44. The Labute approximate surface area is 256 Å². The minimum atomic E-state index is -0.796. The molecule has 44 heavy (non-hydrogen) atoms. The fourth-order valence-corrected chi connectivity index (χ4v) is 6.97. The minimum absolute atomic E-state index is 0.0529. The van der Waals surface area contributed by atoms with Gasteiger partial charge in [0, 0.05) is 60.0 Å². The number of rotatable bonds is 10. The molecule has 0 radical (unpaired) electrons. The van der Waals surface area contributed by atoms with Gasteiger partial charge in [0.2, 0.25) is 5.91 Å². The van der Waals surface area contributed by atoms with Crippen molar-refractivity contribution in [2.24, 2.45) is 5.92 Å². The van der Waals surface area contributed by atoms with Crippen LogP contribution >= 0.6 is 0 Å².